The van der Waals surface area contributed by atoms with Gasteiger partial charge in [-0.15, -0.1) is 0 Å². The number of rotatable bonds is 0. The Bertz CT molecular complexity index is 398. The van der Waals surface area contributed by atoms with Gasteiger partial charge in [0.15, 0.2) is 0 Å². The van der Waals surface area contributed by atoms with Crippen molar-refractivity contribution in [3.63, 3.8) is 0 Å². The number of hydrogen-bond acceptors (Lipinski definition) is 3. The number of anilines is 1. The molecule has 0 radical (unpaired) electrons. The van der Waals surface area contributed by atoms with Gasteiger partial charge in [-0.05, 0) is 18.2 Å². The number of benzene rings is 1. The van der Waals surface area contributed by atoms with Crippen LogP contribution in [0.1, 0.15) is 0 Å². The van der Waals surface area contributed by atoms with E-state index in [9.17, 15) is 0 Å². The largest absolute Gasteiger partial charge is 0.397 e. The van der Waals surface area contributed by atoms with E-state index in [4.69, 9.17) is 37.4 Å². The molecule has 0 atom stereocenters. The van der Waals surface area contributed by atoms with Crippen LogP contribution >= 0.6 is 44.6 Å². The van der Waals surface area contributed by atoms with Crippen molar-refractivity contribution < 1.29 is 8.42 Å². The summed E-state index contributed by atoms with van der Waals surface area (Å²) in [7, 11) is 4.81. The zero-order valence-electron chi connectivity index (χ0n) is 6.55. The third-order valence-electron chi connectivity index (χ3n) is 0.958. The Balaban J connectivity index is 0.000000292. The van der Waals surface area contributed by atoms with E-state index in [-0.39, 0.29) is 0 Å². The summed E-state index contributed by atoms with van der Waals surface area (Å²) in [4.78, 5) is 0. The van der Waals surface area contributed by atoms with Gasteiger partial charge in [0.25, 0.3) is 0 Å². The van der Waals surface area contributed by atoms with E-state index in [2.05, 4.69) is 21.4 Å². The highest BCUT2D eigenvalue weighted by molar-refractivity contribution is 8.31. The van der Waals surface area contributed by atoms with Crippen molar-refractivity contribution in [1.29, 1.82) is 0 Å². The Morgan fingerprint density at radius 2 is 1.57 bits per heavy atom. The molecular weight excluding hydrogens is 292 g/mol. The molecule has 1 aromatic carbocycles. The van der Waals surface area contributed by atoms with Crippen molar-refractivity contribution in [3.8, 4) is 0 Å². The highest BCUT2D eigenvalue weighted by atomic mass is 36.0. The van der Waals surface area contributed by atoms with E-state index in [1.807, 2.05) is 0 Å². The van der Waals surface area contributed by atoms with Gasteiger partial charge in [-0.3, -0.25) is 0 Å². The molecule has 0 aliphatic heterocycles. The van der Waals surface area contributed by atoms with Gasteiger partial charge in [-0.2, -0.15) is 8.42 Å². The fraction of sp³-hybridized carbons (Fsp3) is 0. The molecule has 8 heteroatoms. The van der Waals surface area contributed by atoms with Crippen LogP contribution in [0.3, 0.4) is 0 Å². The second-order valence-electron chi connectivity index (χ2n) is 2.04. The lowest BCUT2D eigenvalue weighted by Gasteiger charge is -1.95. The maximum atomic E-state index is 9.16. The molecule has 14 heavy (non-hydrogen) atoms. The first-order chi connectivity index (χ1) is 6.20. The fourth-order valence-electron chi connectivity index (χ4n) is 0.515. The predicted octanol–water partition coefficient (Wildman–Crippen LogP) is 3.28. The quantitative estimate of drug-likeness (QED) is 0.590. The Labute approximate surface area is 101 Å². The minimum atomic E-state index is -3.72. The minimum absolute atomic E-state index is 0.518. The zero-order valence-corrected chi connectivity index (χ0v) is 10.4. The molecule has 0 aromatic heterocycles. The Morgan fingerprint density at radius 1 is 1.14 bits per heavy atom. The lowest BCUT2D eigenvalue weighted by atomic mass is 10.3. The molecule has 0 aliphatic rings. The van der Waals surface area contributed by atoms with Crippen LogP contribution in [0.2, 0.25) is 10.0 Å². The monoisotopic (exact) mass is 295 g/mol. The minimum Gasteiger partial charge on any atom is -0.397 e. The van der Waals surface area contributed by atoms with Gasteiger partial charge in [0.1, 0.15) is 0 Å². The molecule has 1 aromatic rings. The molecule has 0 unspecified atom stereocenters. The van der Waals surface area contributed by atoms with Gasteiger partial charge < -0.3 is 5.73 Å². The topological polar surface area (TPSA) is 60.2 Å². The van der Waals surface area contributed by atoms with E-state index < -0.39 is 8.26 Å². The van der Waals surface area contributed by atoms with Crippen LogP contribution in [0.25, 0.3) is 0 Å². The molecular formula is C6H5Cl4NO2S. The molecule has 80 valence electrons. The van der Waals surface area contributed by atoms with Gasteiger partial charge in [-0.25, -0.2) is 0 Å². The van der Waals surface area contributed by atoms with Crippen LogP contribution in [0, 0.1) is 0 Å². The van der Waals surface area contributed by atoms with Crippen molar-refractivity contribution in [3.05, 3.63) is 28.2 Å². The number of hydrogen-bond donors (Lipinski definition) is 1. The van der Waals surface area contributed by atoms with Crippen molar-refractivity contribution in [2.24, 2.45) is 0 Å². The van der Waals surface area contributed by atoms with E-state index in [1.165, 1.54) is 0 Å². The molecule has 0 bridgehead atoms. The summed E-state index contributed by atoms with van der Waals surface area (Å²) in [5, 5.41) is 1.15. The maximum Gasteiger partial charge on any atom is 0.317 e. The Kier molecular flexibility index (Phi) is 5.93. The normalized spacial score (nSPS) is 10.3. The Morgan fingerprint density at radius 3 is 1.86 bits per heavy atom. The van der Waals surface area contributed by atoms with Crippen LogP contribution in [0.4, 0.5) is 5.69 Å². The molecule has 0 aliphatic carbocycles. The molecule has 0 saturated heterocycles. The second kappa shape index (κ2) is 5.88. The number of nitrogen functional groups attached to an aromatic ring is 1. The van der Waals surface area contributed by atoms with E-state index >= 15 is 0 Å². The van der Waals surface area contributed by atoms with E-state index in [0.29, 0.717) is 15.7 Å². The van der Waals surface area contributed by atoms with Gasteiger partial charge in [0, 0.05) is 26.4 Å². The van der Waals surface area contributed by atoms with Crippen molar-refractivity contribution >= 4 is 58.5 Å². The molecule has 1 rings (SSSR count). The van der Waals surface area contributed by atoms with Gasteiger partial charge >= 0.3 is 8.26 Å². The summed E-state index contributed by atoms with van der Waals surface area (Å²) in [6.45, 7) is 0. The van der Waals surface area contributed by atoms with Gasteiger partial charge in [-0.1, -0.05) is 23.2 Å². The highest BCUT2D eigenvalue weighted by Crippen LogP contribution is 2.21. The summed E-state index contributed by atoms with van der Waals surface area (Å²) < 4.78 is 18.3. The zero-order chi connectivity index (χ0) is 11.4. The third kappa shape index (κ3) is 8.72. The summed E-state index contributed by atoms with van der Waals surface area (Å²) in [6.07, 6.45) is 0. The molecule has 0 heterocycles. The van der Waals surface area contributed by atoms with Gasteiger partial charge in [0.2, 0.25) is 0 Å². The first-order valence-electron chi connectivity index (χ1n) is 3.05. The number of nitrogens with two attached hydrogens (primary N) is 1. The van der Waals surface area contributed by atoms with Gasteiger partial charge in [0.05, 0.1) is 10.7 Å². The summed E-state index contributed by atoms with van der Waals surface area (Å²) in [6, 6.07) is 4.98. The second-order valence-corrected chi connectivity index (χ2v) is 6.56. The maximum absolute atomic E-state index is 9.16. The molecule has 0 spiro atoms. The Hall–Kier alpha value is 0.130. The van der Waals surface area contributed by atoms with Crippen molar-refractivity contribution in [1.82, 2.24) is 0 Å². The smallest absolute Gasteiger partial charge is 0.317 e. The summed E-state index contributed by atoms with van der Waals surface area (Å²) >= 11 is 11.2. The summed E-state index contributed by atoms with van der Waals surface area (Å²) in [5.74, 6) is 0. The molecule has 2 N–H and O–H groups in total. The predicted molar refractivity (Wildman–Crippen MR) is 61.5 cm³/mol. The fourth-order valence-corrected chi connectivity index (χ4v) is 0.813. The van der Waals surface area contributed by atoms with Crippen molar-refractivity contribution in [2.75, 3.05) is 5.73 Å². The van der Waals surface area contributed by atoms with E-state index in [1.54, 1.807) is 18.2 Å². The molecule has 0 amide bonds. The molecule has 3 nitrogen and oxygen atoms in total. The van der Waals surface area contributed by atoms with Crippen LogP contribution in [0.15, 0.2) is 18.2 Å². The van der Waals surface area contributed by atoms with Crippen LogP contribution in [-0.2, 0) is 8.26 Å². The lowest BCUT2D eigenvalue weighted by molar-refractivity contribution is 0.621. The van der Waals surface area contributed by atoms with Crippen LogP contribution in [0.5, 0.6) is 0 Å². The summed E-state index contributed by atoms with van der Waals surface area (Å²) in [5.41, 5.74) is 5.92. The van der Waals surface area contributed by atoms with Crippen LogP contribution < -0.4 is 5.73 Å². The first kappa shape index (κ1) is 14.1. The third-order valence-corrected chi connectivity index (χ3v) is 1.54. The lowest BCUT2D eigenvalue weighted by Crippen LogP contribution is -1.83. The standard InChI is InChI=1S/C6H5Cl2N.Cl2O2S/c7-4-1-2-5(8)6(9)3-4;1-5(2,3)4/h1-3H,9H2;. The number of halogens is 4. The average molecular weight is 297 g/mol. The van der Waals surface area contributed by atoms with Crippen LogP contribution in [-0.4, -0.2) is 8.42 Å². The van der Waals surface area contributed by atoms with E-state index in [0.717, 1.165) is 0 Å². The molecule has 0 fully saturated rings. The average Bonchev–Trinajstić information content (AvgIpc) is 1.94. The SMILES string of the molecule is Nc1cc(Cl)ccc1Cl.O=S(=O)(Cl)Cl. The van der Waals surface area contributed by atoms with Crippen molar-refractivity contribution in [2.45, 2.75) is 0 Å². The first-order valence-corrected chi connectivity index (χ1v) is 6.94. The highest BCUT2D eigenvalue weighted by Gasteiger charge is 1.93. The molecule has 0 saturated carbocycles.